The lowest BCUT2D eigenvalue weighted by atomic mass is 10.2. The van der Waals surface area contributed by atoms with Crippen LogP contribution in [0.25, 0.3) is 0 Å². The number of halogens is 3. The van der Waals surface area contributed by atoms with Crippen LogP contribution in [-0.2, 0) is 11.3 Å². The Bertz CT molecular complexity index is 371. The predicted molar refractivity (Wildman–Crippen MR) is 62.7 cm³/mol. The number of rotatable bonds is 8. The molecular formula is C12H16F3NO3. The normalized spacial score (nSPS) is 11.6. The van der Waals surface area contributed by atoms with Gasteiger partial charge in [-0.1, -0.05) is 18.2 Å². The van der Waals surface area contributed by atoms with Crippen LogP contribution in [0.1, 0.15) is 5.56 Å². The number of aliphatic hydroxyl groups is 1. The summed E-state index contributed by atoms with van der Waals surface area (Å²) < 4.78 is 45.4. The minimum atomic E-state index is -4.69. The van der Waals surface area contributed by atoms with Gasteiger partial charge >= 0.3 is 6.36 Å². The van der Waals surface area contributed by atoms with Gasteiger partial charge in [0.05, 0.1) is 19.8 Å². The van der Waals surface area contributed by atoms with Gasteiger partial charge in [0.2, 0.25) is 0 Å². The molecule has 4 nitrogen and oxygen atoms in total. The molecule has 0 bridgehead atoms. The molecule has 0 saturated heterocycles. The van der Waals surface area contributed by atoms with E-state index in [1.807, 2.05) is 0 Å². The largest absolute Gasteiger partial charge is 0.573 e. The Morgan fingerprint density at radius 3 is 2.58 bits per heavy atom. The van der Waals surface area contributed by atoms with E-state index in [-0.39, 0.29) is 25.5 Å². The molecule has 0 atom stereocenters. The van der Waals surface area contributed by atoms with E-state index >= 15 is 0 Å². The van der Waals surface area contributed by atoms with Crippen molar-refractivity contribution in [3.63, 3.8) is 0 Å². The molecule has 19 heavy (non-hydrogen) atoms. The van der Waals surface area contributed by atoms with E-state index in [9.17, 15) is 13.2 Å². The van der Waals surface area contributed by atoms with Crippen molar-refractivity contribution in [2.24, 2.45) is 0 Å². The fraction of sp³-hybridized carbons (Fsp3) is 0.500. The fourth-order valence-corrected chi connectivity index (χ4v) is 1.41. The van der Waals surface area contributed by atoms with Crippen molar-refractivity contribution in [3.05, 3.63) is 29.8 Å². The molecule has 1 aromatic carbocycles. The number of aliphatic hydroxyl groups excluding tert-OH is 1. The monoisotopic (exact) mass is 279 g/mol. The minimum absolute atomic E-state index is 0.0533. The van der Waals surface area contributed by atoms with Gasteiger partial charge in [-0.3, -0.25) is 0 Å². The summed E-state index contributed by atoms with van der Waals surface area (Å²) in [6, 6.07) is 5.95. The molecule has 0 unspecified atom stereocenters. The number of ether oxygens (including phenoxy) is 2. The van der Waals surface area contributed by atoms with E-state index in [0.29, 0.717) is 18.7 Å². The first-order valence-electron chi connectivity index (χ1n) is 5.76. The summed E-state index contributed by atoms with van der Waals surface area (Å²) in [6.45, 7) is 1.29. The van der Waals surface area contributed by atoms with Crippen molar-refractivity contribution >= 4 is 0 Å². The molecule has 0 saturated carbocycles. The Hall–Kier alpha value is -1.31. The topological polar surface area (TPSA) is 50.7 Å². The van der Waals surface area contributed by atoms with Crippen LogP contribution in [0, 0.1) is 0 Å². The molecule has 0 aliphatic carbocycles. The molecule has 108 valence electrons. The van der Waals surface area contributed by atoms with Gasteiger partial charge in [0.1, 0.15) is 5.75 Å². The van der Waals surface area contributed by atoms with Crippen molar-refractivity contribution in [2.45, 2.75) is 12.9 Å². The number of hydrogen-bond acceptors (Lipinski definition) is 4. The number of hydrogen-bond donors (Lipinski definition) is 2. The van der Waals surface area contributed by atoms with Crippen molar-refractivity contribution in [1.82, 2.24) is 5.32 Å². The smallest absolute Gasteiger partial charge is 0.405 e. The lowest BCUT2D eigenvalue weighted by Crippen LogP contribution is -2.22. The summed E-state index contributed by atoms with van der Waals surface area (Å²) in [7, 11) is 0. The van der Waals surface area contributed by atoms with Crippen LogP contribution in [-0.4, -0.2) is 37.8 Å². The van der Waals surface area contributed by atoms with E-state index in [2.05, 4.69) is 10.1 Å². The van der Waals surface area contributed by atoms with E-state index in [1.54, 1.807) is 12.1 Å². The second-order valence-electron chi connectivity index (χ2n) is 3.67. The quantitative estimate of drug-likeness (QED) is 0.711. The first-order chi connectivity index (χ1) is 9.03. The minimum Gasteiger partial charge on any atom is -0.405 e. The van der Waals surface area contributed by atoms with Crippen LogP contribution < -0.4 is 10.1 Å². The van der Waals surface area contributed by atoms with Crippen LogP contribution in [0.15, 0.2) is 24.3 Å². The third-order valence-corrected chi connectivity index (χ3v) is 2.17. The Labute approximate surface area is 109 Å². The zero-order chi connectivity index (χ0) is 14.1. The van der Waals surface area contributed by atoms with E-state index in [4.69, 9.17) is 9.84 Å². The maximum absolute atomic E-state index is 12.2. The fourth-order valence-electron chi connectivity index (χ4n) is 1.41. The molecule has 0 fully saturated rings. The molecule has 0 radical (unpaired) electrons. The summed E-state index contributed by atoms with van der Waals surface area (Å²) >= 11 is 0. The highest BCUT2D eigenvalue weighted by molar-refractivity contribution is 5.33. The number of para-hydroxylation sites is 1. The first kappa shape index (κ1) is 15.7. The highest BCUT2D eigenvalue weighted by Crippen LogP contribution is 2.25. The third kappa shape index (κ3) is 7.00. The van der Waals surface area contributed by atoms with Gasteiger partial charge < -0.3 is 19.9 Å². The molecule has 1 aromatic rings. The van der Waals surface area contributed by atoms with Crippen LogP contribution in [0.3, 0.4) is 0 Å². The highest BCUT2D eigenvalue weighted by atomic mass is 19.4. The van der Waals surface area contributed by atoms with Gasteiger partial charge in [0, 0.05) is 18.7 Å². The van der Waals surface area contributed by atoms with Crippen LogP contribution >= 0.6 is 0 Å². The summed E-state index contributed by atoms with van der Waals surface area (Å²) in [6.07, 6.45) is -4.69. The molecule has 0 amide bonds. The van der Waals surface area contributed by atoms with Crippen LogP contribution in [0.2, 0.25) is 0 Å². The van der Waals surface area contributed by atoms with Gasteiger partial charge in [-0.2, -0.15) is 0 Å². The Morgan fingerprint density at radius 1 is 1.16 bits per heavy atom. The maximum Gasteiger partial charge on any atom is 0.573 e. The predicted octanol–water partition coefficient (Wildman–Crippen LogP) is 1.68. The molecule has 2 N–H and O–H groups in total. The second-order valence-corrected chi connectivity index (χ2v) is 3.67. The first-order valence-corrected chi connectivity index (χ1v) is 5.76. The molecular weight excluding hydrogens is 263 g/mol. The molecule has 0 spiro atoms. The summed E-state index contributed by atoms with van der Waals surface area (Å²) in [5.74, 6) is -0.209. The van der Waals surface area contributed by atoms with Gasteiger partial charge in [-0.25, -0.2) is 0 Å². The molecule has 0 aliphatic heterocycles. The second kappa shape index (κ2) is 7.98. The summed E-state index contributed by atoms with van der Waals surface area (Å²) in [5.41, 5.74) is 0.419. The van der Waals surface area contributed by atoms with E-state index in [1.165, 1.54) is 12.1 Å². The van der Waals surface area contributed by atoms with E-state index < -0.39 is 6.36 Å². The number of nitrogens with one attached hydrogen (secondary N) is 1. The average molecular weight is 279 g/mol. The molecule has 0 heterocycles. The standard InChI is InChI=1S/C12H16F3NO3/c13-12(14,15)19-11-4-2-1-3-10(11)9-16-5-7-18-8-6-17/h1-4,16-17H,5-9H2. The number of benzene rings is 1. The van der Waals surface area contributed by atoms with Gasteiger partial charge in [-0.05, 0) is 6.07 Å². The Morgan fingerprint density at radius 2 is 1.89 bits per heavy atom. The van der Waals surface area contributed by atoms with Gasteiger partial charge in [0.15, 0.2) is 0 Å². The molecule has 0 aromatic heterocycles. The van der Waals surface area contributed by atoms with Crippen LogP contribution in [0.5, 0.6) is 5.75 Å². The Balaban J connectivity index is 2.40. The molecule has 7 heteroatoms. The summed E-state index contributed by atoms with van der Waals surface area (Å²) in [5, 5.41) is 11.4. The lowest BCUT2D eigenvalue weighted by Gasteiger charge is -2.13. The van der Waals surface area contributed by atoms with Crippen molar-refractivity contribution < 1.29 is 27.8 Å². The SMILES string of the molecule is OCCOCCNCc1ccccc1OC(F)(F)F. The van der Waals surface area contributed by atoms with Gasteiger partial charge in [-0.15, -0.1) is 13.2 Å². The molecule has 1 rings (SSSR count). The Kier molecular flexibility index (Phi) is 6.61. The van der Waals surface area contributed by atoms with Crippen LogP contribution in [0.4, 0.5) is 13.2 Å². The highest BCUT2D eigenvalue weighted by Gasteiger charge is 2.31. The van der Waals surface area contributed by atoms with Gasteiger partial charge in [0.25, 0.3) is 0 Å². The molecule has 0 aliphatic rings. The zero-order valence-electron chi connectivity index (χ0n) is 10.2. The number of alkyl halides is 3. The van der Waals surface area contributed by atoms with Crippen molar-refractivity contribution in [2.75, 3.05) is 26.4 Å². The lowest BCUT2D eigenvalue weighted by molar-refractivity contribution is -0.274. The van der Waals surface area contributed by atoms with E-state index in [0.717, 1.165) is 0 Å². The summed E-state index contributed by atoms with van der Waals surface area (Å²) in [4.78, 5) is 0. The average Bonchev–Trinajstić information content (AvgIpc) is 2.33. The maximum atomic E-state index is 12.2. The van der Waals surface area contributed by atoms with Crippen molar-refractivity contribution in [1.29, 1.82) is 0 Å². The zero-order valence-corrected chi connectivity index (χ0v) is 10.2. The third-order valence-electron chi connectivity index (χ3n) is 2.17. The van der Waals surface area contributed by atoms with Crippen molar-refractivity contribution in [3.8, 4) is 5.75 Å².